The number of aromatic nitrogens is 10. The number of halogens is 1. The highest BCUT2D eigenvalue weighted by molar-refractivity contribution is 6.30. The van der Waals surface area contributed by atoms with Gasteiger partial charge < -0.3 is 16.4 Å². The van der Waals surface area contributed by atoms with Crippen molar-refractivity contribution in [2.24, 2.45) is 11.5 Å². The number of fused-ring (bicyclic) bond motifs is 2. The Morgan fingerprint density at radius 2 is 1.24 bits per heavy atom. The van der Waals surface area contributed by atoms with Crippen LogP contribution in [-0.4, -0.2) is 73.7 Å². The zero-order valence-corrected chi connectivity index (χ0v) is 20.1. The minimum atomic E-state index is -0.828. The summed E-state index contributed by atoms with van der Waals surface area (Å²) in [7, 11) is 0. The van der Waals surface area contributed by atoms with Gasteiger partial charge in [0.1, 0.15) is 12.7 Å². The largest absolute Gasteiger partial charge is 0.368 e. The van der Waals surface area contributed by atoms with Crippen molar-refractivity contribution in [2.75, 3.05) is 18.0 Å². The maximum atomic E-state index is 12.8. The van der Waals surface area contributed by atoms with Crippen LogP contribution < -0.4 is 27.7 Å². The lowest BCUT2D eigenvalue weighted by atomic mass is 10.3. The highest BCUT2D eigenvalue weighted by atomic mass is 35.5. The zero-order chi connectivity index (χ0) is 27.0. The molecular formula is C20H18ClN13O4. The summed E-state index contributed by atoms with van der Waals surface area (Å²) in [6, 6.07) is 6.96. The number of primary amides is 2. The van der Waals surface area contributed by atoms with Gasteiger partial charge in [-0.25, -0.2) is 28.4 Å². The first-order valence-corrected chi connectivity index (χ1v) is 11.3. The first-order chi connectivity index (χ1) is 18.2. The quantitative estimate of drug-likeness (QED) is 0.207. The topological polar surface area (TPSA) is 220 Å². The lowest BCUT2D eigenvalue weighted by Gasteiger charge is -2.25. The van der Waals surface area contributed by atoms with E-state index in [0.29, 0.717) is 5.02 Å². The third kappa shape index (κ3) is 4.41. The molecule has 38 heavy (non-hydrogen) atoms. The Balaban J connectivity index is 1.40. The predicted octanol–water partition coefficient (Wildman–Crippen LogP) is -2.06. The second-order valence-electron chi connectivity index (χ2n) is 7.96. The van der Waals surface area contributed by atoms with E-state index in [4.69, 9.17) is 23.1 Å². The Morgan fingerprint density at radius 1 is 0.789 bits per heavy atom. The van der Waals surface area contributed by atoms with Gasteiger partial charge in [-0.15, -0.1) is 10.2 Å². The highest BCUT2D eigenvalue weighted by Crippen LogP contribution is 2.18. The lowest BCUT2D eigenvalue weighted by molar-refractivity contribution is 0.0989. The smallest absolute Gasteiger partial charge is 0.353 e. The van der Waals surface area contributed by atoms with Crippen LogP contribution in [0, 0.1) is 0 Å². The van der Waals surface area contributed by atoms with Gasteiger partial charge in [0, 0.05) is 23.8 Å². The summed E-state index contributed by atoms with van der Waals surface area (Å²) in [5, 5.41) is 16.1. The molecule has 0 unspecified atom stereocenters. The van der Waals surface area contributed by atoms with Crippen molar-refractivity contribution in [1.29, 1.82) is 0 Å². The molecule has 0 bridgehead atoms. The van der Waals surface area contributed by atoms with E-state index < -0.39 is 23.2 Å². The van der Waals surface area contributed by atoms with Crippen LogP contribution in [0.5, 0.6) is 0 Å². The summed E-state index contributed by atoms with van der Waals surface area (Å²) in [4.78, 5) is 58.2. The van der Waals surface area contributed by atoms with Crippen molar-refractivity contribution in [3.63, 3.8) is 0 Å². The Morgan fingerprint density at radius 3 is 1.66 bits per heavy atom. The number of rotatable bonds is 9. The van der Waals surface area contributed by atoms with Crippen LogP contribution in [0.3, 0.4) is 0 Å². The molecule has 0 radical (unpaired) electrons. The number of nitrogens with two attached hydrogens (primary N) is 2. The summed E-state index contributed by atoms with van der Waals surface area (Å²) in [6.07, 6.45) is 2.31. The molecule has 0 atom stereocenters. The number of hydrogen-bond donors (Lipinski definition) is 2. The standard InChI is InChI=1S/C20H18ClN13O4/c21-11-1-3-12(4-2-11)30(5-7-33-19(37)31-9-24-13(15(22)35)17(31)26-28-33)6-8-34-20(38)32-10-25-14(16(23)36)18(32)27-29-34/h1-4,9-10H,5-8H2,(H2,22,35)(H2,23,36). The minimum Gasteiger partial charge on any atom is -0.368 e. The third-order valence-electron chi connectivity index (χ3n) is 5.66. The number of carbonyl (C=O) groups is 2. The first kappa shape index (κ1) is 24.5. The molecule has 18 heteroatoms. The number of imidazole rings is 2. The Kier molecular flexibility index (Phi) is 6.25. The normalized spacial score (nSPS) is 11.3. The van der Waals surface area contributed by atoms with E-state index in [9.17, 15) is 19.2 Å². The molecule has 4 N–H and O–H groups in total. The Labute approximate surface area is 215 Å². The number of hydrogen-bond acceptors (Lipinski definition) is 11. The van der Waals surface area contributed by atoms with Crippen LogP contribution in [0.1, 0.15) is 21.0 Å². The fourth-order valence-corrected chi connectivity index (χ4v) is 3.88. The second-order valence-corrected chi connectivity index (χ2v) is 8.39. The first-order valence-electron chi connectivity index (χ1n) is 11.0. The highest BCUT2D eigenvalue weighted by Gasteiger charge is 2.18. The van der Waals surface area contributed by atoms with Crippen molar-refractivity contribution < 1.29 is 9.59 Å². The zero-order valence-electron chi connectivity index (χ0n) is 19.4. The minimum absolute atomic E-state index is 0.0411. The molecule has 194 valence electrons. The average molecular weight is 540 g/mol. The molecule has 0 spiro atoms. The van der Waals surface area contributed by atoms with E-state index in [1.807, 2.05) is 4.90 Å². The molecule has 0 saturated heterocycles. The molecule has 0 aliphatic rings. The average Bonchev–Trinajstić information content (AvgIpc) is 3.53. The third-order valence-corrected chi connectivity index (χ3v) is 5.91. The van der Waals surface area contributed by atoms with E-state index in [2.05, 4.69) is 30.6 Å². The SMILES string of the molecule is NC(=O)c1ncn2c(=O)n(CCN(CCn3nnc4c(C(N)=O)ncn4c3=O)c3ccc(Cl)cc3)nnc12. The molecular weight excluding hydrogens is 522 g/mol. The van der Waals surface area contributed by atoms with Crippen molar-refractivity contribution in [3.8, 4) is 0 Å². The molecule has 0 fully saturated rings. The Bertz CT molecular complexity index is 1690. The van der Waals surface area contributed by atoms with Crippen LogP contribution in [0.2, 0.25) is 5.02 Å². The molecule has 0 saturated carbocycles. The maximum absolute atomic E-state index is 12.8. The second kappa shape index (κ2) is 9.69. The fourth-order valence-electron chi connectivity index (χ4n) is 3.75. The van der Waals surface area contributed by atoms with Crippen LogP contribution >= 0.6 is 11.6 Å². The lowest BCUT2D eigenvalue weighted by Crippen LogP contribution is -2.39. The van der Waals surface area contributed by atoms with Gasteiger partial charge >= 0.3 is 11.4 Å². The number of benzene rings is 1. The summed E-state index contributed by atoms with van der Waals surface area (Å²) < 4.78 is 4.37. The van der Waals surface area contributed by atoms with Gasteiger partial charge in [0.15, 0.2) is 22.7 Å². The van der Waals surface area contributed by atoms with E-state index in [-0.39, 0.29) is 48.9 Å². The van der Waals surface area contributed by atoms with Gasteiger partial charge in [0.05, 0.1) is 13.1 Å². The van der Waals surface area contributed by atoms with Crippen molar-refractivity contribution in [2.45, 2.75) is 13.1 Å². The molecule has 5 rings (SSSR count). The fraction of sp³-hybridized carbons (Fsp3) is 0.200. The maximum Gasteiger partial charge on any atom is 0.353 e. The predicted molar refractivity (Wildman–Crippen MR) is 131 cm³/mol. The Hall–Kier alpha value is -5.19. The van der Waals surface area contributed by atoms with Crippen molar-refractivity contribution in [3.05, 3.63) is 74.3 Å². The van der Waals surface area contributed by atoms with Gasteiger partial charge in [-0.3, -0.25) is 9.59 Å². The van der Waals surface area contributed by atoms with Crippen LogP contribution in [0.15, 0.2) is 46.5 Å². The van der Waals surface area contributed by atoms with Gasteiger partial charge in [0.25, 0.3) is 11.8 Å². The van der Waals surface area contributed by atoms with Gasteiger partial charge in [-0.2, -0.15) is 9.36 Å². The monoisotopic (exact) mass is 539 g/mol. The molecule has 0 aliphatic carbocycles. The van der Waals surface area contributed by atoms with E-state index in [1.165, 1.54) is 0 Å². The van der Waals surface area contributed by atoms with E-state index in [0.717, 1.165) is 36.5 Å². The summed E-state index contributed by atoms with van der Waals surface area (Å²) in [5.41, 5.74) is 9.73. The van der Waals surface area contributed by atoms with E-state index in [1.54, 1.807) is 24.3 Å². The number of anilines is 1. The summed E-state index contributed by atoms with van der Waals surface area (Å²) >= 11 is 6.03. The van der Waals surface area contributed by atoms with Crippen molar-refractivity contribution in [1.82, 2.24) is 48.8 Å². The molecule has 2 amide bonds. The summed E-state index contributed by atoms with van der Waals surface area (Å²) in [5.74, 6) is -1.66. The van der Waals surface area contributed by atoms with Crippen molar-refractivity contribution >= 4 is 40.4 Å². The molecule has 0 aliphatic heterocycles. The molecule has 1 aromatic carbocycles. The summed E-state index contributed by atoms with van der Waals surface area (Å²) in [6.45, 7) is 0.718. The molecule has 5 aromatic rings. The molecule has 4 heterocycles. The van der Waals surface area contributed by atoms with Gasteiger partial charge in [-0.1, -0.05) is 22.0 Å². The van der Waals surface area contributed by atoms with E-state index >= 15 is 0 Å². The molecule has 17 nitrogen and oxygen atoms in total. The van der Waals surface area contributed by atoms with Crippen LogP contribution in [-0.2, 0) is 13.1 Å². The van der Waals surface area contributed by atoms with Gasteiger partial charge in [-0.05, 0) is 24.3 Å². The number of carbonyl (C=O) groups excluding carboxylic acids is 2. The number of nitrogens with zero attached hydrogens (tertiary/aromatic N) is 11. The molecule has 4 aromatic heterocycles. The van der Waals surface area contributed by atoms with Gasteiger partial charge in [0.2, 0.25) is 0 Å². The van der Waals surface area contributed by atoms with Crippen LogP contribution in [0.4, 0.5) is 5.69 Å². The van der Waals surface area contributed by atoms with Crippen LogP contribution in [0.25, 0.3) is 11.3 Å². The number of amides is 2.